The number of carboxylic acid groups (broad SMARTS) is 1. The average molecular weight is 231 g/mol. The van der Waals surface area contributed by atoms with Crippen LogP contribution < -0.4 is 0 Å². The highest BCUT2D eigenvalue weighted by molar-refractivity contribution is 6.38. The number of aromatic amines is 1. The lowest BCUT2D eigenvalue weighted by molar-refractivity contribution is -0.146. The van der Waals surface area contributed by atoms with Crippen molar-refractivity contribution in [1.29, 1.82) is 0 Å². The first-order valence-electron chi connectivity index (χ1n) is 4.83. The van der Waals surface area contributed by atoms with Crippen LogP contribution in [0, 0.1) is 0 Å². The van der Waals surface area contributed by atoms with Crippen LogP contribution in [0.4, 0.5) is 0 Å². The number of carbonyl (C=O) groups excluding carboxylic acids is 1. The molecule has 5 heteroatoms. The van der Waals surface area contributed by atoms with Gasteiger partial charge in [-0.05, 0) is 24.3 Å². The van der Waals surface area contributed by atoms with Crippen LogP contribution in [0.3, 0.4) is 0 Å². The molecule has 2 aromatic rings. The molecule has 0 amide bonds. The third-order valence-corrected chi connectivity index (χ3v) is 2.33. The molecule has 17 heavy (non-hydrogen) atoms. The maximum absolute atomic E-state index is 10.9. The second kappa shape index (κ2) is 4.13. The number of hydrogen-bond acceptors (Lipinski definition) is 3. The molecule has 0 saturated heterocycles. The second-order valence-corrected chi connectivity index (χ2v) is 3.48. The summed E-state index contributed by atoms with van der Waals surface area (Å²) in [5.74, 6) is -3.11. The van der Waals surface area contributed by atoms with E-state index in [2.05, 4.69) is 4.98 Å². The van der Waals surface area contributed by atoms with Gasteiger partial charge in [-0.1, -0.05) is 0 Å². The number of ketones is 1. The summed E-state index contributed by atoms with van der Waals surface area (Å²) in [6.45, 7) is 0. The molecule has 0 bridgehead atoms. The molecular weight excluding hydrogens is 222 g/mol. The van der Waals surface area contributed by atoms with Crippen LogP contribution in [0.2, 0.25) is 0 Å². The van der Waals surface area contributed by atoms with Gasteiger partial charge in [-0.15, -0.1) is 0 Å². The average Bonchev–Trinajstić information content (AvgIpc) is 2.75. The van der Waals surface area contributed by atoms with E-state index < -0.39 is 11.8 Å². The van der Waals surface area contributed by atoms with Gasteiger partial charge in [0.25, 0.3) is 5.78 Å². The van der Waals surface area contributed by atoms with E-state index in [-0.39, 0.29) is 5.76 Å². The lowest BCUT2D eigenvalue weighted by Crippen LogP contribution is -2.09. The van der Waals surface area contributed by atoms with Crippen molar-refractivity contribution < 1.29 is 19.8 Å². The van der Waals surface area contributed by atoms with Gasteiger partial charge in [-0.3, -0.25) is 4.79 Å². The van der Waals surface area contributed by atoms with Gasteiger partial charge in [0.2, 0.25) is 0 Å². The van der Waals surface area contributed by atoms with Gasteiger partial charge >= 0.3 is 5.97 Å². The Morgan fingerprint density at radius 3 is 2.65 bits per heavy atom. The molecule has 0 aliphatic heterocycles. The van der Waals surface area contributed by atoms with Crippen molar-refractivity contribution in [2.45, 2.75) is 0 Å². The number of aliphatic hydroxyl groups is 1. The van der Waals surface area contributed by atoms with Gasteiger partial charge < -0.3 is 15.2 Å². The fourth-order valence-electron chi connectivity index (χ4n) is 1.48. The lowest BCUT2D eigenvalue weighted by Gasteiger charge is -1.99. The van der Waals surface area contributed by atoms with E-state index in [1.165, 1.54) is 0 Å². The molecule has 0 aliphatic rings. The minimum Gasteiger partial charge on any atom is -0.507 e. The third kappa shape index (κ3) is 2.17. The van der Waals surface area contributed by atoms with Crippen LogP contribution in [-0.4, -0.2) is 26.9 Å². The summed E-state index contributed by atoms with van der Waals surface area (Å²) < 4.78 is 0. The molecule has 0 fully saturated rings. The van der Waals surface area contributed by atoms with Gasteiger partial charge in [0.05, 0.1) is 0 Å². The quantitative estimate of drug-likeness (QED) is 0.426. The van der Waals surface area contributed by atoms with Crippen molar-refractivity contribution in [3.8, 4) is 0 Å². The number of aromatic nitrogens is 1. The molecule has 0 atom stereocenters. The molecule has 0 saturated carbocycles. The highest BCUT2D eigenvalue weighted by atomic mass is 16.4. The smallest absolute Gasteiger partial charge is 0.376 e. The Bertz CT molecular complexity index is 624. The number of nitrogens with one attached hydrogen (secondary N) is 1. The Balaban J connectivity index is 2.39. The Hall–Kier alpha value is -2.56. The molecule has 1 heterocycles. The summed E-state index contributed by atoms with van der Waals surface area (Å²) in [4.78, 5) is 24.2. The largest absolute Gasteiger partial charge is 0.507 e. The zero-order valence-corrected chi connectivity index (χ0v) is 8.68. The molecule has 2 rings (SSSR count). The normalized spacial score (nSPS) is 11.6. The summed E-state index contributed by atoms with van der Waals surface area (Å²) in [5, 5.41) is 18.9. The standard InChI is InChI=1S/C12H9NO4/c14-10(6-11(15)12(16)17)8-1-2-9-7(5-8)3-4-13-9/h1-6,13-14H,(H,16,17). The number of carboxylic acids is 1. The maximum atomic E-state index is 10.9. The SMILES string of the molecule is O=C(O)C(=O)C=C(O)c1ccc2[nH]ccc2c1. The molecule has 5 nitrogen and oxygen atoms in total. The number of carbonyl (C=O) groups is 2. The van der Waals surface area contributed by atoms with Crippen molar-refractivity contribution in [3.63, 3.8) is 0 Å². The number of aliphatic hydroxyl groups excluding tert-OH is 1. The van der Waals surface area contributed by atoms with Gasteiger partial charge in [-0.25, -0.2) is 4.79 Å². The topological polar surface area (TPSA) is 90.4 Å². The monoisotopic (exact) mass is 231 g/mol. The van der Waals surface area contributed by atoms with Crippen molar-refractivity contribution >= 4 is 28.4 Å². The fourth-order valence-corrected chi connectivity index (χ4v) is 1.48. The van der Waals surface area contributed by atoms with E-state index >= 15 is 0 Å². The van der Waals surface area contributed by atoms with Gasteiger partial charge in [-0.2, -0.15) is 0 Å². The van der Waals surface area contributed by atoms with Crippen LogP contribution in [0.5, 0.6) is 0 Å². The Morgan fingerprint density at radius 1 is 1.18 bits per heavy atom. The minimum absolute atomic E-state index is 0.361. The van der Waals surface area contributed by atoms with E-state index in [1.54, 1.807) is 24.4 Å². The van der Waals surface area contributed by atoms with E-state index in [0.29, 0.717) is 11.6 Å². The predicted octanol–water partition coefficient (Wildman–Crippen LogP) is 1.72. The molecule has 0 spiro atoms. The Kier molecular flexibility index (Phi) is 2.66. The van der Waals surface area contributed by atoms with Gasteiger partial charge in [0.1, 0.15) is 5.76 Å². The van der Waals surface area contributed by atoms with Crippen LogP contribution in [0.1, 0.15) is 5.56 Å². The molecule has 0 aliphatic carbocycles. The van der Waals surface area contributed by atoms with Crippen molar-refractivity contribution in [2.24, 2.45) is 0 Å². The number of benzene rings is 1. The van der Waals surface area contributed by atoms with Crippen molar-refractivity contribution in [1.82, 2.24) is 4.98 Å². The lowest BCUT2D eigenvalue weighted by atomic mass is 10.1. The molecule has 0 unspecified atom stereocenters. The predicted molar refractivity (Wildman–Crippen MR) is 61.5 cm³/mol. The van der Waals surface area contributed by atoms with Crippen LogP contribution >= 0.6 is 0 Å². The molecule has 86 valence electrons. The third-order valence-electron chi connectivity index (χ3n) is 2.33. The highest BCUT2D eigenvalue weighted by Gasteiger charge is 2.10. The number of fused-ring (bicyclic) bond motifs is 1. The summed E-state index contributed by atoms with van der Waals surface area (Å²) >= 11 is 0. The van der Waals surface area contributed by atoms with E-state index in [1.807, 2.05) is 6.07 Å². The summed E-state index contributed by atoms with van der Waals surface area (Å²) in [6, 6.07) is 6.80. The molecule has 1 aromatic carbocycles. The van der Waals surface area contributed by atoms with Crippen molar-refractivity contribution in [3.05, 3.63) is 42.1 Å². The van der Waals surface area contributed by atoms with Crippen LogP contribution in [-0.2, 0) is 9.59 Å². The Morgan fingerprint density at radius 2 is 1.94 bits per heavy atom. The van der Waals surface area contributed by atoms with Crippen LogP contribution in [0.15, 0.2) is 36.5 Å². The Labute approximate surface area is 96.0 Å². The zero-order valence-electron chi connectivity index (χ0n) is 8.68. The fraction of sp³-hybridized carbons (Fsp3) is 0. The summed E-state index contributed by atoms with van der Waals surface area (Å²) in [7, 11) is 0. The number of rotatable bonds is 3. The molecular formula is C12H9NO4. The molecule has 1 aromatic heterocycles. The van der Waals surface area contributed by atoms with E-state index in [9.17, 15) is 14.7 Å². The molecule has 0 radical (unpaired) electrons. The number of H-pyrrole nitrogens is 1. The second-order valence-electron chi connectivity index (χ2n) is 3.48. The van der Waals surface area contributed by atoms with Gasteiger partial charge in [0.15, 0.2) is 0 Å². The summed E-state index contributed by atoms with van der Waals surface area (Å²) in [5.41, 5.74) is 1.29. The van der Waals surface area contributed by atoms with E-state index in [4.69, 9.17) is 5.11 Å². The maximum Gasteiger partial charge on any atom is 0.376 e. The first kappa shape index (κ1) is 10.9. The minimum atomic E-state index is -1.60. The van der Waals surface area contributed by atoms with Crippen molar-refractivity contribution in [2.75, 3.05) is 0 Å². The molecule has 3 N–H and O–H groups in total. The number of hydrogen-bond donors (Lipinski definition) is 3. The van der Waals surface area contributed by atoms with Crippen LogP contribution in [0.25, 0.3) is 16.7 Å². The number of aliphatic carboxylic acids is 1. The highest BCUT2D eigenvalue weighted by Crippen LogP contribution is 2.18. The zero-order chi connectivity index (χ0) is 12.4. The first-order valence-corrected chi connectivity index (χ1v) is 4.83. The van der Waals surface area contributed by atoms with Gasteiger partial charge in [0, 0.05) is 28.7 Å². The van der Waals surface area contributed by atoms with E-state index in [0.717, 1.165) is 10.9 Å². The summed E-state index contributed by atoms with van der Waals surface area (Å²) in [6.07, 6.45) is 2.44. The first-order chi connectivity index (χ1) is 8.08.